The number of para-hydroxylation sites is 1. The molecule has 0 aliphatic carbocycles. The van der Waals surface area contributed by atoms with E-state index < -0.39 is 0 Å². The molecule has 4 heteroatoms. The summed E-state index contributed by atoms with van der Waals surface area (Å²) in [6.45, 7) is 0. The van der Waals surface area contributed by atoms with Gasteiger partial charge in [0.2, 0.25) is 5.91 Å². The van der Waals surface area contributed by atoms with Crippen molar-refractivity contribution in [3.8, 4) is 0 Å². The van der Waals surface area contributed by atoms with Crippen LogP contribution in [0.2, 0.25) is 0 Å². The molecule has 1 amide bonds. The second-order valence-electron chi connectivity index (χ2n) is 4.02. The van der Waals surface area contributed by atoms with Crippen LogP contribution in [-0.4, -0.2) is 12.2 Å². The highest BCUT2D eigenvalue weighted by Crippen LogP contribution is 2.24. The molecule has 0 fully saturated rings. The zero-order valence-corrected chi connectivity index (χ0v) is 11.3. The number of amides is 1. The largest absolute Gasteiger partial charge is 0.325 e. The molecule has 0 radical (unpaired) electrons. The lowest BCUT2D eigenvalue weighted by Crippen LogP contribution is -2.15. The van der Waals surface area contributed by atoms with Crippen molar-refractivity contribution in [2.24, 2.45) is 0 Å². The summed E-state index contributed by atoms with van der Waals surface area (Å²) in [6.07, 6.45) is 1.98. The Hall–Kier alpha value is -1.81. The maximum Gasteiger partial charge on any atom is 0.228 e. The van der Waals surface area contributed by atoms with Gasteiger partial charge in [-0.05, 0) is 30.0 Å². The van der Waals surface area contributed by atoms with Crippen molar-refractivity contribution in [3.05, 3.63) is 59.9 Å². The summed E-state index contributed by atoms with van der Waals surface area (Å²) in [4.78, 5) is 12.9. The predicted molar refractivity (Wildman–Crippen MR) is 77.0 cm³/mol. The average molecular weight is 275 g/mol. The summed E-state index contributed by atoms with van der Waals surface area (Å²) in [5.74, 6) is -0.567. The van der Waals surface area contributed by atoms with Crippen molar-refractivity contribution in [2.75, 3.05) is 11.6 Å². The fraction of sp³-hybridized carbons (Fsp3) is 0.133. The van der Waals surface area contributed by atoms with Crippen LogP contribution >= 0.6 is 11.8 Å². The van der Waals surface area contributed by atoms with Crippen molar-refractivity contribution in [1.82, 2.24) is 0 Å². The molecule has 2 aromatic rings. The van der Waals surface area contributed by atoms with E-state index >= 15 is 0 Å². The van der Waals surface area contributed by atoms with Gasteiger partial charge in [0.05, 0.1) is 12.1 Å². The van der Waals surface area contributed by atoms with Crippen LogP contribution in [0.3, 0.4) is 0 Å². The average Bonchev–Trinajstić information content (AvgIpc) is 2.42. The molecular formula is C15H14FNOS. The van der Waals surface area contributed by atoms with Crippen LogP contribution in [0.25, 0.3) is 0 Å². The van der Waals surface area contributed by atoms with Crippen molar-refractivity contribution in [3.63, 3.8) is 0 Å². The molecule has 0 aromatic heterocycles. The van der Waals surface area contributed by atoms with Crippen molar-refractivity contribution >= 4 is 23.4 Å². The van der Waals surface area contributed by atoms with E-state index in [1.807, 2.05) is 30.5 Å². The molecule has 0 aliphatic heterocycles. The Morgan fingerprint density at radius 3 is 2.58 bits per heavy atom. The van der Waals surface area contributed by atoms with Crippen LogP contribution in [0.4, 0.5) is 10.1 Å². The maximum absolute atomic E-state index is 13.5. The van der Waals surface area contributed by atoms with Gasteiger partial charge in [0, 0.05) is 4.90 Å². The van der Waals surface area contributed by atoms with Gasteiger partial charge >= 0.3 is 0 Å². The minimum absolute atomic E-state index is 0.0371. The molecule has 0 bridgehead atoms. The molecule has 2 nitrogen and oxygen atoms in total. The van der Waals surface area contributed by atoms with E-state index in [4.69, 9.17) is 0 Å². The number of hydrogen-bond acceptors (Lipinski definition) is 2. The lowest BCUT2D eigenvalue weighted by molar-refractivity contribution is -0.115. The smallest absolute Gasteiger partial charge is 0.228 e. The van der Waals surface area contributed by atoms with Gasteiger partial charge in [-0.2, -0.15) is 0 Å². The van der Waals surface area contributed by atoms with E-state index in [0.29, 0.717) is 5.56 Å². The molecule has 0 spiro atoms. The molecule has 19 heavy (non-hydrogen) atoms. The number of benzene rings is 2. The standard InChI is InChI=1S/C15H14FNOS/c1-19-14-9-5-4-8-13(14)17-15(18)10-11-6-2-3-7-12(11)16/h2-9H,10H2,1H3,(H,17,18). The predicted octanol–water partition coefficient (Wildman–Crippen LogP) is 3.73. The summed E-state index contributed by atoms with van der Waals surface area (Å²) in [5.41, 5.74) is 1.16. The molecule has 0 aliphatic rings. The molecule has 2 rings (SSSR count). The Labute approximate surface area is 116 Å². The first-order valence-corrected chi connectivity index (χ1v) is 7.09. The van der Waals surface area contributed by atoms with E-state index in [1.165, 1.54) is 6.07 Å². The van der Waals surface area contributed by atoms with Crippen LogP contribution < -0.4 is 5.32 Å². The van der Waals surface area contributed by atoms with E-state index in [9.17, 15) is 9.18 Å². The Kier molecular flexibility index (Phi) is 4.58. The molecule has 1 N–H and O–H groups in total. The van der Waals surface area contributed by atoms with Crippen LogP contribution in [0.5, 0.6) is 0 Å². The number of hydrogen-bond donors (Lipinski definition) is 1. The monoisotopic (exact) mass is 275 g/mol. The van der Waals surface area contributed by atoms with Gasteiger partial charge in [-0.1, -0.05) is 30.3 Å². The van der Waals surface area contributed by atoms with Crippen LogP contribution in [0, 0.1) is 5.82 Å². The number of carbonyl (C=O) groups is 1. The lowest BCUT2D eigenvalue weighted by Gasteiger charge is -2.09. The normalized spacial score (nSPS) is 10.2. The first-order chi connectivity index (χ1) is 9.20. The molecule has 0 unspecified atom stereocenters. The van der Waals surface area contributed by atoms with Crippen molar-refractivity contribution in [2.45, 2.75) is 11.3 Å². The molecule has 0 atom stereocenters. The maximum atomic E-state index is 13.5. The summed E-state index contributed by atoms with van der Waals surface area (Å²) >= 11 is 1.56. The SMILES string of the molecule is CSc1ccccc1NC(=O)Cc1ccccc1F. The van der Waals surface area contributed by atoms with E-state index in [0.717, 1.165) is 10.6 Å². The van der Waals surface area contributed by atoms with E-state index in [1.54, 1.807) is 30.0 Å². The first kappa shape index (κ1) is 13.6. The van der Waals surface area contributed by atoms with Gasteiger partial charge in [-0.3, -0.25) is 4.79 Å². The van der Waals surface area contributed by atoms with Gasteiger partial charge in [0.25, 0.3) is 0 Å². The highest BCUT2D eigenvalue weighted by Gasteiger charge is 2.09. The minimum atomic E-state index is -0.351. The first-order valence-electron chi connectivity index (χ1n) is 5.87. The number of rotatable bonds is 4. The number of nitrogens with one attached hydrogen (secondary N) is 1. The van der Waals surface area contributed by atoms with Crippen LogP contribution in [0.1, 0.15) is 5.56 Å². The minimum Gasteiger partial charge on any atom is -0.325 e. The number of anilines is 1. The van der Waals surface area contributed by atoms with Crippen molar-refractivity contribution in [1.29, 1.82) is 0 Å². The Balaban J connectivity index is 2.08. The van der Waals surface area contributed by atoms with Crippen molar-refractivity contribution < 1.29 is 9.18 Å². The van der Waals surface area contributed by atoms with E-state index in [-0.39, 0.29) is 18.1 Å². The molecular weight excluding hydrogens is 261 g/mol. The molecule has 0 saturated carbocycles. The summed E-state index contributed by atoms with van der Waals surface area (Å²) in [6, 6.07) is 13.9. The van der Waals surface area contributed by atoms with Crippen LogP contribution in [0.15, 0.2) is 53.4 Å². The number of halogens is 1. The summed E-state index contributed by atoms with van der Waals surface area (Å²) in [7, 11) is 0. The third-order valence-electron chi connectivity index (χ3n) is 2.69. The number of thioether (sulfide) groups is 1. The van der Waals surface area contributed by atoms with E-state index in [2.05, 4.69) is 5.32 Å². The van der Waals surface area contributed by atoms with Gasteiger partial charge in [0.15, 0.2) is 0 Å². The molecule has 0 heterocycles. The Morgan fingerprint density at radius 2 is 1.84 bits per heavy atom. The zero-order valence-electron chi connectivity index (χ0n) is 10.5. The highest BCUT2D eigenvalue weighted by atomic mass is 32.2. The second-order valence-corrected chi connectivity index (χ2v) is 4.86. The Morgan fingerprint density at radius 1 is 1.16 bits per heavy atom. The molecule has 0 saturated heterocycles. The van der Waals surface area contributed by atoms with Gasteiger partial charge in [-0.15, -0.1) is 11.8 Å². The topological polar surface area (TPSA) is 29.1 Å². The third-order valence-corrected chi connectivity index (χ3v) is 3.49. The molecule has 2 aromatic carbocycles. The lowest BCUT2D eigenvalue weighted by atomic mass is 10.1. The Bertz CT molecular complexity index is 586. The fourth-order valence-corrected chi connectivity index (χ4v) is 2.31. The zero-order chi connectivity index (χ0) is 13.7. The van der Waals surface area contributed by atoms with Gasteiger partial charge in [0.1, 0.15) is 5.82 Å². The number of carbonyl (C=O) groups excluding carboxylic acids is 1. The third kappa shape index (κ3) is 3.58. The molecule has 98 valence electrons. The summed E-state index contributed by atoms with van der Waals surface area (Å²) < 4.78 is 13.5. The van der Waals surface area contributed by atoms with Crippen LogP contribution in [-0.2, 0) is 11.2 Å². The summed E-state index contributed by atoms with van der Waals surface area (Å²) in [5, 5.41) is 2.81. The van der Waals surface area contributed by atoms with Gasteiger partial charge < -0.3 is 5.32 Å². The second kappa shape index (κ2) is 6.38. The fourth-order valence-electron chi connectivity index (χ4n) is 1.76. The van der Waals surface area contributed by atoms with Gasteiger partial charge in [-0.25, -0.2) is 4.39 Å². The highest BCUT2D eigenvalue weighted by molar-refractivity contribution is 7.98. The quantitative estimate of drug-likeness (QED) is 0.861.